The van der Waals surface area contributed by atoms with Crippen LogP contribution in [0, 0.1) is 11.3 Å². The summed E-state index contributed by atoms with van der Waals surface area (Å²) >= 11 is 0. The Bertz CT molecular complexity index is 525. The molecule has 0 aliphatic rings. The molecule has 0 spiro atoms. The minimum atomic E-state index is -0.619. The first kappa shape index (κ1) is 10.3. The molecule has 0 aliphatic heterocycles. The van der Waals surface area contributed by atoms with Crippen molar-refractivity contribution in [3.05, 3.63) is 42.0 Å². The lowest BCUT2D eigenvalue weighted by molar-refractivity contribution is 0.199. The van der Waals surface area contributed by atoms with Crippen molar-refractivity contribution >= 4 is 0 Å². The number of rotatable bonds is 2. The van der Waals surface area contributed by atoms with Crippen molar-refractivity contribution < 1.29 is 5.11 Å². The van der Waals surface area contributed by atoms with Crippen LogP contribution in [0.2, 0.25) is 0 Å². The zero-order valence-corrected chi connectivity index (χ0v) is 8.70. The molecule has 1 atom stereocenters. The summed E-state index contributed by atoms with van der Waals surface area (Å²) in [6, 6.07) is 7.12. The maximum Gasteiger partial charge on any atom is 0.138 e. The number of aliphatic hydroxyl groups is 1. The third kappa shape index (κ3) is 1.78. The average Bonchev–Trinajstić information content (AvgIpc) is 2.81. The molecule has 0 fully saturated rings. The third-order valence-electron chi connectivity index (χ3n) is 2.28. The highest BCUT2D eigenvalue weighted by Gasteiger charge is 2.10. The molecule has 5 heteroatoms. The van der Waals surface area contributed by atoms with Crippen LogP contribution < -0.4 is 0 Å². The summed E-state index contributed by atoms with van der Waals surface area (Å²) in [6.07, 6.45) is 2.32. The van der Waals surface area contributed by atoms with Crippen LogP contribution in [-0.4, -0.2) is 19.9 Å². The van der Waals surface area contributed by atoms with E-state index in [0.29, 0.717) is 16.8 Å². The molecule has 0 saturated carbocycles. The van der Waals surface area contributed by atoms with Crippen LogP contribution in [0.1, 0.15) is 24.2 Å². The SMILES string of the molecule is CC(O)c1ccc(C#N)cc1-n1cncn1. The van der Waals surface area contributed by atoms with Crippen LogP contribution in [0.5, 0.6) is 0 Å². The average molecular weight is 214 g/mol. The topological polar surface area (TPSA) is 74.7 Å². The van der Waals surface area contributed by atoms with Gasteiger partial charge in [-0.1, -0.05) is 6.07 Å². The van der Waals surface area contributed by atoms with E-state index in [4.69, 9.17) is 5.26 Å². The van der Waals surface area contributed by atoms with Gasteiger partial charge in [-0.05, 0) is 19.1 Å². The van der Waals surface area contributed by atoms with Crippen LogP contribution >= 0.6 is 0 Å². The highest BCUT2D eigenvalue weighted by Crippen LogP contribution is 2.21. The van der Waals surface area contributed by atoms with Gasteiger partial charge in [0, 0.05) is 5.56 Å². The van der Waals surface area contributed by atoms with Crippen molar-refractivity contribution in [1.29, 1.82) is 5.26 Å². The van der Waals surface area contributed by atoms with Crippen LogP contribution in [0.25, 0.3) is 5.69 Å². The Balaban J connectivity index is 2.61. The zero-order chi connectivity index (χ0) is 11.5. The fraction of sp³-hybridized carbons (Fsp3) is 0.182. The number of benzene rings is 1. The first-order chi connectivity index (χ1) is 7.72. The first-order valence-corrected chi connectivity index (χ1v) is 4.79. The fourth-order valence-electron chi connectivity index (χ4n) is 1.50. The number of hydrogen-bond acceptors (Lipinski definition) is 4. The van der Waals surface area contributed by atoms with E-state index in [2.05, 4.69) is 16.2 Å². The van der Waals surface area contributed by atoms with E-state index in [-0.39, 0.29) is 0 Å². The van der Waals surface area contributed by atoms with Gasteiger partial charge in [-0.3, -0.25) is 0 Å². The third-order valence-corrected chi connectivity index (χ3v) is 2.28. The summed E-state index contributed by atoms with van der Waals surface area (Å²) in [4.78, 5) is 3.84. The monoisotopic (exact) mass is 214 g/mol. The maximum atomic E-state index is 9.62. The van der Waals surface area contributed by atoms with Gasteiger partial charge in [-0.25, -0.2) is 9.67 Å². The summed E-state index contributed by atoms with van der Waals surface area (Å²) < 4.78 is 1.53. The van der Waals surface area contributed by atoms with E-state index in [1.807, 2.05) is 0 Å². The highest BCUT2D eigenvalue weighted by atomic mass is 16.3. The van der Waals surface area contributed by atoms with Gasteiger partial charge in [0.2, 0.25) is 0 Å². The maximum absolute atomic E-state index is 9.62. The second kappa shape index (κ2) is 4.13. The molecule has 16 heavy (non-hydrogen) atoms. The van der Waals surface area contributed by atoms with Gasteiger partial charge in [0.05, 0.1) is 23.4 Å². The highest BCUT2D eigenvalue weighted by molar-refractivity contribution is 5.47. The minimum absolute atomic E-state index is 0.523. The molecule has 5 nitrogen and oxygen atoms in total. The Morgan fingerprint density at radius 1 is 1.50 bits per heavy atom. The van der Waals surface area contributed by atoms with Crippen LogP contribution in [0.4, 0.5) is 0 Å². The molecule has 80 valence electrons. The smallest absolute Gasteiger partial charge is 0.138 e. The summed E-state index contributed by atoms with van der Waals surface area (Å²) in [7, 11) is 0. The van der Waals surface area contributed by atoms with Gasteiger partial charge in [0.1, 0.15) is 12.7 Å². The predicted octanol–water partition coefficient (Wildman–Crippen LogP) is 1.19. The lowest BCUT2D eigenvalue weighted by Gasteiger charge is -2.11. The molecule has 0 saturated heterocycles. The van der Waals surface area contributed by atoms with Crippen LogP contribution in [-0.2, 0) is 0 Å². The van der Waals surface area contributed by atoms with Crippen molar-refractivity contribution in [2.75, 3.05) is 0 Å². The Kier molecular flexibility index (Phi) is 2.66. The molecule has 0 amide bonds. The molecule has 1 aromatic heterocycles. The van der Waals surface area contributed by atoms with Crippen molar-refractivity contribution in [3.63, 3.8) is 0 Å². The minimum Gasteiger partial charge on any atom is -0.389 e. The molecule has 1 unspecified atom stereocenters. The van der Waals surface area contributed by atoms with E-state index < -0.39 is 6.10 Å². The van der Waals surface area contributed by atoms with E-state index in [9.17, 15) is 5.11 Å². The van der Waals surface area contributed by atoms with Crippen molar-refractivity contribution in [2.45, 2.75) is 13.0 Å². The predicted molar refractivity (Wildman–Crippen MR) is 56.7 cm³/mol. The molecule has 0 radical (unpaired) electrons. The lowest BCUT2D eigenvalue weighted by Crippen LogP contribution is -2.03. The van der Waals surface area contributed by atoms with Crippen molar-refractivity contribution in [2.24, 2.45) is 0 Å². The van der Waals surface area contributed by atoms with Crippen LogP contribution in [0.3, 0.4) is 0 Å². The summed E-state index contributed by atoms with van der Waals surface area (Å²) in [5, 5.41) is 22.4. The number of aromatic nitrogens is 3. The molecular weight excluding hydrogens is 204 g/mol. The molecule has 0 bridgehead atoms. The van der Waals surface area contributed by atoms with Crippen LogP contribution in [0.15, 0.2) is 30.9 Å². The Morgan fingerprint density at radius 3 is 2.88 bits per heavy atom. The molecule has 1 aromatic carbocycles. The van der Waals surface area contributed by atoms with Gasteiger partial charge >= 0.3 is 0 Å². The molecular formula is C11H10N4O. The number of nitrogens with zero attached hydrogens (tertiary/aromatic N) is 4. The summed E-state index contributed by atoms with van der Waals surface area (Å²) in [5.74, 6) is 0. The number of aliphatic hydroxyl groups excluding tert-OH is 1. The van der Waals surface area contributed by atoms with E-state index >= 15 is 0 Å². The number of hydrogen-bond donors (Lipinski definition) is 1. The van der Waals surface area contributed by atoms with Gasteiger partial charge < -0.3 is 5.11 Å². The van der Waals surface area contributed by atoms with Gasteiger partial charge in [0.25, 0.3) is 0 Å². The first-order valence-electron chi connectivity index (χ1n) is 4.79. The van der Waals surface area contributed by atoms with E-state index in [1.54, 1.807) is 25.1 Å². The molecule has 2 aromatic rings. The lowest BCUT2D eigenvalue weighted by atomic mass is 10.1. The second-order valence-electron chi connectivity index (χ2n) is 3.40. The Morgan fingerprint density at radius 2 is 2.31 bits per heavy atom. The normalized spacial score (nSPS) is 12.1. The summed E-state index contributed by atoms with van der Waals surface area (Å²) in [5.41, 5.74) is 1.91. The quantitative estimate of drug-likeness (QED) is 0.814. The van der Waals surface area contributed by atoms with Crippen molar-refractivity contribution in [3.8, 4) is 11.8 Å². The Labute approximate surface area is 92.6 Å². The largest absolute Gasteiger partial charge is 0.389 e. The number of nitriles is 1. The zero-order valence-electron chi connectivity index (χ0n) is 8.70. The Hall–Kier alpha value is -2.19. The summed E-state index contributed by atoms with van der Waals surface area (Å²) in [6.45, 7) is 1.67. The van der Waals surface area contributed by atoms with Gasteiger partial charge in [-0.2, -0.15) is 10.4 Å². The van der Waals surface area contributed by atoms with E-state index in [0.717, 1.165) is 0 Å². The van der Waals surface area contributed by atoms with Gasteiger partial charge in [0.15, 0.2) is 0 Å². The molecule has 1 N–H and O–H groups in total. The standard InChI is InChI=1S/C11H10N4O/c1-8(16)10-3-2-9(5-12)4-11(10)15-7-13-6-14-15/h2-4,6-8,16H,1H3. The molecule has 0 aliphatic carbocycles. The second-order valence-corrected chi connectivity index (χ2v) is 3.40. The molecule has 2 rings (SSSR count). The van der Waals surface area contributed by atoms with E-state index in [1.165, 1.54) is 17.3 Å². The van der Waals surface area contributed by atoms with Crippen molar-refractivity contribution in [1.82, 2.24) is 14.8 Å². The fourth-order valence-corrected chi connectivity index (χ4v) is 1.50. The molecule has 1 heterocycles. The van der Waals surface area contributed by atoms with Gasteiger partial charge in [-0.15, -0.1) is 0 Å².